The summed E-state index contributed by atoms with van der Waals surface area (Å²) in [6.45, 7) is 0. The molecule has 0 radical (unpaired) electrons. The summed E-state index contributed by atoms with van der Waals surface area (Å²) in [5.41, 5.74) is 0. The van der Waals surface area contributed by atoms with Crippen LogP contribution >= 0.6 is 70.2 Å². The molecule has 1 unspecified atom stereocenters. The Hall–Kier alpha value is 2.31. The molecule has 0 aliphatic heterocycles. The maximum absolute atomic E-state index is 5.44. The van der Waals surface area contributed by atoms with Gasteiger partial charge in [0.1, 0.15) is 0 Å². The Morgan fingerprint density at radius 2 is 1.50 bits per heavy atom. The predicted molar refractivity (Wildman–Crippen MR) is 49.7 cm³/mol. The van der Waals surface area contributed by atoms with E-state index in [2.05, 4.69) is 0 Å². The first-order valence-corrected chi connectivity index (χ1v) is 9.53. The van der Waals surface area contributed by atoms with E-state index in [9.17, 15) is 0 Å². The van der Waals surface area contributed by atoms with Gasteiger partial charge in [-0.1, -0.05) is 0 Å². The van der Waals surface area contributed by atoms with Crippen molar-refractivity contribution < 1.29 is 0 Å². The average Bonchev–Trinajstić information content (AvgIpc) is 1.21. The van der Waals surface area contributed by atoms with E-state index in [1.165, 1.54) is 0 Å². The van der Waals surface area contributed by atoms with E-state index in [1.807, 2.05) is 0 Å². The standard InChI is InChI=1S/CH3Cl5P2/c2-1(3)7-8(4,5)6/h1,7-8H. The summed E-state index contributed by atoms with van der Waals surface area (Å²) in [5, 5.41) is -2.54. The minimum atomic E-state index is -2.54. The van der Waals surface area contributed by atoms with E-state index < -0.39 is 9.59 Å². The van der Waals surface area contributed by atoms with Crippen LogP contribution in [0.4, 0.5) is 0 Å². The van der Waals surface area contributed by atoms with E-state index in [0.29, 0.717) is 0 Å². The van der Waals surface area contributed by atoms with Crippen LogP contribution < -0.4 is 0 Å². The molecule has 0 aromatic carbocycles. The minimum absolute atomic E-state index is 0.0640. The monoisotopic (exact) mass is 252 g/mol. The molecular formula is CH3Cl5P2. The molecule has 0 aliphatic carbocycles. The van der Waals surface area contributed by atoms with Crippen molar-refractivity contribution in [1.82, 2.24) is 0 Å². The van der Waals surface area contributed by atoms with Crippen LogP contribution in [0.3, 0.4) is 0 Å². The normalized spacial score (nSPS) is 16.2. The van der Waals surface area contributed by atoms with Crippen LogP contribution in [0, 0.1) is 0 Å². The SMILES string of the molecule is ClC(Cl)P[PH](Cl)(Cl)Cl. The van der Waals surface area contributed by atoms with Crippen LogP contribution in [0.25, 0.3) is 0 Å². The van der Waals surface area contributed by atoms with Crippen LogP contribution in [0.15, 0.2) is 0 Å². The quantitative estimate of drug-likeness (QED) is 0.501. The first-order valence-electron chi connectivity index (χ1n) is 1.54. The fraction of sp³-hybridized carbons (Fsp3) is 1.00. The summed E-state index contributed by atoms with van der Waals surface area (Å²) in [5.74, 6) is 0. The Morgan fingerprint density at radius 3 is 1.50 bits per heavy atom. The van der Waals surface area contributed by atoms with Crippen molar-refractivity contribution in [3.63, 3.8) is 0 Å². The topological polar surface area (TPSA) is 0 Å². The summed E-state index contributed by atoms with van der Waals surface area (Å²) >= 11 is 27.0. The second-order valence-corrected chi connectivity index (χ2v) is 17.4. The molecule has 0 rings (SSSR count). The molecule has 0 saturated carbocycles. The molecule has 0 aromatic heterocycles. The van der Waals surface area contributed by atoms with E-state index in [-0.39, 0.29) is 8.27 Å². The molecule has 0 saturated heterocycles. The zero-order valence-electron chi connectivity index (χ0n) is 3.47. The molecule has 0 aliphatic rings. The van der Waals surface area contributed by atoms with Crippen molar-refractivity contribution >= 4 is 70.2 Å². The number of rotatable bonds is 2. The third-order valence-corrected chi connectivity index (χ3v) is 7.36. The maximum atomic E-state index is 5.44. The molecule has 0 nitrogen and oxygen atoms in total. The molecule has 0 fully saturated rings. The molecule has 1 atom stereocenters. The van der Waals surface area contributed by atoms with Gasteiger partial charge in [-0.05, 0) is 0 Å². The van der Waals surface area contributed by atoms with Gasteiger partial charge in [0, 0.05) is 0 Å². The van der Waals surface area contributed by atoms with Crippen molar-refractivity contribution in [2.75, 3.05) is 0 Å². The second-order valence-electron chi connectivity index (χ2n) is 0.943. The Labute approximate surface area is 74.5 Å². The summed E-state index contributed by atoms with van der Waals surface area (Å²) in [6.07, 6.45) is 0. The van der Waals surface area contributed by atoms with E-state index >= 15 is 0 Å². The fourth-order valence-electron chi connectivity index (χ4n) is 0.124. The molecule has 7 heteroatoms. The zero-order valence-corrected chi connectivity index (χ0v) is 9.25. The third-order valence-electron chi connectivity index (χ3n) is 0.273. The van der Waals surface area contributed by atoms with Crippen LogP contribution in [0.1, 0.15) is 0 Å². The van der Waals surface area contributed by atoms with Crippen LogP contribution in [-0.2, 0) is 0 Å². The summed E-state index contributed by atoms with van der Waals surface area (Å²) in [4.78, 5) is 0. The summed E-state index contributed by atoms with van der Waals surface area (Å²) in [6, 6.07) is 0. The molecule has 0 amide bonds. The van der Waals surface area contributed by atoms with Gasteiger partial charge < -0.3 is 0 Å². The number of halogens is 5. The Bertz CT molecular complexity index is 65.3. The number of hydrogen-bond acceptors (Lipinski definition) is 0. The molecule has 8 heavy (non-hydrogen) atoms. The van der Waals surface area contributed by atoms with Crippen molar-refractivity contribution in [2.24, 2.45) is 0 Å². The first-order chi connectivity index (χ1) is 3.42. The first kappa shape index (κ1) is 10.3. The van der Waals surface area contributed by atoms with Gasteiger partial charge >= 0.3 is 74.8 Å². The predicted octanol–water partition coefficient (Wildman–Crippen LogP) is 4.55. The van der Waals surface area contributed by atoms with Crippen LogP contribution in [0.2, 0.25) is 0 Å². The van der Waals surface area contributed by atoms with Gasteiger partial charge in [0.05, 0.1) is 0 Å². The van der Waals surface area contributed by atoms with Gasteiger partial charge in [-0.3, -0.25) is 0 Å². The average molecular weight is 254 g/mol. The summed E-state index contributed by atoms with van der Waals surface area (Å²) in [7, 11) is 0.0640. The molecule has 0 aromatic rings. The third kappa shape index (κ3) is 8.31. The van der Waals surface area contributed by atoms with E-state index in [0.717, 1.165) is 0 Å². The Kier molecular flexibility index (Phi) is 5.47. The van der Waals surface area contributed by atoms with Crippen molar-refractivity contribution in [3.05, 3.63) is 0 Å². The van der Waals surface area contributed by atoms with Crippen molar-refractivity contribution in [2.45, 2.75) is 4.58 Å². The number of alkyl halides is 2. The van der Waals surface area contributed by atoms with Gasteiger partial charge in [-0.2, -0.15) is 0 Å². The van der Waals surface area contributed by atoms with Crippen LogP contribution in [0.5, 0.6) is 0 Å². The fourth-order valence-corrected chi connectivity index (χ4v) is 10.0. The van der Waals surface area contributed by atoms with Crippen molar-refractivity contribution in [3.8, 4) is 0 Å². The summed E-state index contributed by atoms with van der Waals surface area (Å²) < 4.78 is -0.519. The van der Waals surface area contributed by atoms with Gasteiger partial charge in [0.2, 0.25) is 0 Å². The van der Waals surface area contributed by atoms with Gasteiger partial charge in [-0.15, -0.1) is 0 Å². The zero-order chi connectivity index (χ0) is 6.78. The number of hydrogen-bond donors (Lipinski definition) is 0. The molecule has 0 spiro atoms. The van der Waals surface area contributed by atoms with Gasteiger partial charge in [-0.25, -0.2) is 0 Å². The van der Waals surface area contributed by atoms with E-state index in [4.69, 9.17) is 56.9 Å². The molecule has 0 N–H and O–H groups in total. The Balaban J connectivity index is 3.39. The second kappa shape index (κ2) is 4.24. The molecule has 52 valence electrons. The molecule has 0 heterocycles. The molecular weight excluding hydrogens is 251 g/mol. The molecule has 0 bridgehead atoms. The van der Waals surface area contributed by atoms with Crippen molar-refractivity contribution in [1.29, 1.82) is 0 Å². The van der Waals surface area contributed by atoms with Gasteiger partial charge in [0.25, 0.3) is 0 Å². The van der Waals surface area contributed by atoms with Gasteiger partial charge in [0.15, 0.2) is 0 Å². The Morgan fingerprint density at radius 1 is 1.12 bits per heavy atom. The van der Waals surface area contributed by atoms with E-state index in [1.54, 1.807) is 0 Å². The van der Waals surface area contributed by atoms with Crippen LogP contribution in [-0.4, -0.2) is 4.58 Å².